The van der Waals surface area contributed by atoms with Crippen molar-refractivity contribution in [1.29, 1.82) is 0 Å². The van der Waals surface area contributed by atoms with Gasteiger partial charge in [-0.2, -0.15) is 0 Å². The molecule has 17 nitrogen and oxygen atoms in total. The van der Waals surface area contributed by atoms with E-state index >= 15 is 0 Å². The lowest BCUT2D eigenvalue weighted by Crippen LogP contribution is -2.63. The lowest BCUT2D eigenvalue weighted by atomic mass is 9.98. The van der Waals surface area contributed by atoms with E-state index in [0.29, 0.717) is 5.56 Å². The molecule has 0 radical (unpaired) electrons. The summed E-state index contributed by atoms with van der Waals surface area (Å²) < 4.78 is 26.3. The number of phenolic OH excluding ortho intramolecular Hbond substituents is 2. The van der Waals surface area contributed by atoms with E-state index in [9.17, 15) is 55.2 Å². The normalized spacial score (nSPS) is 32.2. The SMILES string of the molecule is O=C(O)[C@H]1O[C@@H](OC(=O)[C@H]2O[C@@H](Oc3cc(O)c4c(=O)cc(-c5ccc(O)cc5)oc4c3)[C@H](O)[C@@H](O)[C@@H]2O)[C@H](O)[C@@H](O)[C@@H]1O. The Morgan fingerprint density at radius 2 is 1.32 bits per heavy atom. The predicted molar refractivity (Wildman–Crippen MR) is 139 cm³/mol. The number of aliphatic hydroxyl groups is 6. The summed E-state index contributed by atoms with van der Waals surface area (Å²) in [6, 6.07) is 8.85. The van der Waals surface area contributed by atoms with E-state index < -0.39 is 84.5 Å². The van der Waals surface area contributed by atoms with E-state index in [0.717, 1.165) is 18.2 Å². The van der Waals surface area contributed by atoms with Crippen molar-refractivity contribution < 1.29 is 78.9 Å². The second-order valence-corrected chi connectivity index (χ2v) is 10.0. The molecule has 44 heavy (non-hydrogen) atoms. The summed E-state index contributed by atoms with van der Waals surface area (Å²) in [5.41, 5.74) is -0.418. The van der Waals surface area contributed by atoms with Crippen molar-refractivity contribution in [3.8, 4) is 28.6 Å². The number of phenols is 2. The van der Waals surface area contributed by atoms with E-state index in [1.807, 2.05) is 0 Å². The van der Waals surface area contributed by atoms with Gasteiger partial charge in [-0.25, -0.2) is 9.59 Å². The molecule has 10 atom stereocenters. The average molecular weight is 622 g/mol. The van der Waals surface area contributed by atoms with Crippen LogP contribution in [0.4, 0.5) is 0 Å². The Morgan fingerprint density at radius 1 is 0.727 bits per heavy atom. The van der Waals surface area contributed by atoms with E-state index in [-0.39, 0.29) is 28.2 Å². The van der Waals surface area contributed by atoms with Gasteiger partial charge in [-0.3, -0.25) is 4.79 Å². The summed E-state index contributed by atoms with van der Waals surface area (Å²) in [7, 11) is 0. The third-order valence-corrected chi connectivity index (χ3v) is 7.03. The van der Waals surface area contributed by atoms with Crippen molar-refractivity contribution in [2.45, 2.75) is 61.4 Å². The maximum Gasteiger partial charge on any atom is 0.340 e. The lowest BCUT2D eigenvalue weighted by Gasteiger charge is -2.41. The largest absolute Gasteiger partial charge is 0.508 e. The maximum atomic E-state index is 12.9. The van der Waals surface area contributed by atoms with Crippen molar-refractivity contribution in [1.82, 2.24) is 0 Å². The Morgan fingerprint density at radius 3 is 1.95 bits per heavy atom. The molecule has 2 aliphatic heterocycles. The highest BCUT2D eigenvalue weighted by Gasteiger charge is 2.52. The first-order chi connectivity index (χ1) is 20.8. The number of hydrogen-bond acceptors (Lipinski definition) is 16. The first-order valence-electron chi connectivity index (χ1n) is 12.9. The fraction of sp³-hybridized carbons (Fsp3) is 0.370. The number of aliphatic carboxylic acids is 1. The van der Waals surface area contributed by atoms with Crippen molar-refractivity contribution >= 4 is 22.9 Å². The second-order valence-electron chi connectivity index (χ2n) is 10.0. The molecule has 3 aromatic rings. The zero-order valence-electron chi connectivity index (χ0n) is 22.1. The molecule has 17 heteroatoms. The molecule has 0 spiro atoms. The van der Waals surface area contributed by atoms with Crippen LogP contribution in [0.1, 0.15) is 0 Å². The fourth-order valence-electron chi connectivity index (χ4n) is 4.68. The number of carboxylic acid groups (broad SMARTS) is 1. The van der Waals surface area contributed by atoms with Gasteiger partial charge in [0.25, 0.3) is 0 Å². The molecule has 9 N–H and O–H groups in total. The molecule has 1 aromatic heterocycles. The van der Waals surface area contributed by atoms with E-state index in [2.05, 4.69) is 0 Å². The fourth-order valence-corrected chi connectivity index (χ4v) is 4.68. The number of esters is 1. The molecular weight excluding hydrogens is 596 g/mol. The highest BCUT2D eigenvalue weighted by molar-refractivity contribution is 5.86. The standard InChI is InChI=1S/C27H26O17/c28-9-3-1-8(2-4-9)13-7-12(30)15-11(29)5-10(6-14(15)41-13)40-26-20(35)17(32)19(34)23(43-26)25(39)44-27-21(36)16(31)18(33)22(42-27)24(37)38/h1-7,16-23,26-29,31-36H,(H,37,38)/t16-,17-,18-,19-,20+,21+,22-,23-,26+,27-/m0/s1. The van der Waals surface area contributed by atoms with Crippen LogP contribution in [0.25, 0.3) is 22.3 Å². The third kappa shape index (κ3) is 5.77. The van der Waals surface area contributed by atoms with E-state index in [1.54, 1.807) is 0 Å². The number of fused-ring (bicyclic) bond motifs is 1. The van der Waals surface area contributed by atoms with Crippen molar-refractivity contribution in [3.05, 3.63) is 52.7 Å². The number of carbonyl (C=O) groups excluding carboxylic acids is 1. The van der Waals surface area contributed by atoms with Gasteiger partial charge in [0.1, 0.15) is 70.6 Å². The van der Waals surface area contributed by atoms with Crippen LogP contribution in [0.3, 0.4) is 0 Å². The van der Waals surface area contributed by atoms with E-state index in [4.69, 9.17) is 28.5 Å². The molecule has 0 amide bonds. The number of ether oxygens (including phenoxy) is 4. The summed E-state index contributed by atoms with van der Waals surface area (Å²) >= 11 is 0. The van der Waals surface area contributed by atoms with Crippen LogP contribution in [0.2, 0.25) is 0 Å². The molecule has 2 aliphatic rings. The van der Waals surface area contributed by atoms with Crippen molar-refractivity contribution in [2.24, 2.45) is 0 Å². The number of carboxylic acids is 1. The minimum absolute atomic E-state index is 0.0333. The van der Waals surface area contributed by atoms with Gasteiger partial charge in [-0.15, -0.1) is 0 Å². The van der Waals surface area contributed by atoms with Gasteiger partial charge in [0.15, 0.2) is 17.6 Å². The van der Waals surface area contributed by atoms with Crippen LogP contribution >= 0.6 is 0 Å². The molecule has 0 unspecified atom stereocenters. The zero-order valence-corrected chi connectivity index (χ0v) is 22.1. The number of hydrogen-bond donors (Lipinski definition) is 9. The van der Waals surface area contributed by atoms with E-state index in [1.165, 1.54) is 24.3 Å². The number of carbonyl (C=O) groups is 2. The maximum absolute atomic E-state index is 12.9. The molecule has 2 aromatic carbocycles. The van der Waals surface area contributed by atoms with Crippen LogP contribution in [0.15, 0.2) is 51.7 Å². The Labute approximate surface area is 244 Å². The topological polar surface area (TPSA) is 283 Å². The summed E-state index contributed by atoms with van der Waals surface area (Å²) in [5, 5.41) is 90.0. The highest BCUT2D eigenvalue weighted by Crippen LogP contribution is 2.34. The first kappa shape index (κ1) is 31.1. The molecule has 0 saturated carbocycles. The number of aromatic hydroxyl groups is 2. The summed E-state index contributed by atoms with van der Waals surface area (Å²) in [6.45, 7) is 0. The smallest absolute Gasteiger partial charge is 0.340 e. The molecule has 2 saturated heterocycles. The molecular formula is C27H26O17. The van der Waals surface area contributed by atoms with Crippen LogP contribution in [-0.2, 0) is 23.8 Å². The van der Waals surface area contributed by atoms with Crippen molar-refractivity contribution in [2.75, 3.05) is 0 Å². The van der Waals surface area contributed by atoms with Gasteiger partial charge < -0.3 is 69.3 Å². The molecule has 0 aliphatic carbocycles. The predicted octanol–water partition coefficient (Wildman–Crippen LogP) is -2.51. The zero-order chi connectivity index (χ0) is 32.0. The molecule has 5 rings (SSSR count). The summed E-state index contributed by atoms with van der Waals surface area (Å²) in [5.74, 6) is -4.19. The molecule has 3 heterocycles. The van der Waals surface area contributed by atoms with Crippen LogP contribution in [-0.4, -0.2) is 119 Å². The van der Waals surface area contributed by atoms with Crippen LogP contribution in [0.5, 0.6) is 17.2 Å². The minimum atomic E-state index is -2.16. The molecule has 0 bridgehead atoms. The number of benzene rings is 2. The highest BCUT2D eigenvalue weighted by atomic mass is 16.7. The minimum Gasteiger partial charge on any atom is -0.508 e. The Balaban J connectivity index is 1.38. The van der Waals surface area contributed by atoms with Gasteiger partial charge in [0.2, 0.25) is 12.6 Å². The summed E-state index contributed by atoms with van der Waals surface area (Å²) in [6.07, 6.45) is -20.9. The quantitative estimate of drug-likeness (QED) is 0.128. The first-order valence-corrected chi connectivity index (χ1v) is 12.9. The lowest BCUT2D eigenvalue weighted by molar-refractivity contribution is -0.302. The molecule has 2 fully saturated rings. The monoisotopic (exact) mass is 622 g/mol. The number of aliphatic hydroxyl groups excluding tert-OH is 6. The van der Waals surface area contributed by atoms with Gasteiger partial charge in [0.05, 0.1) is 0 Å². The van der Waals surface area contributed by atoms with Gasteiger partial charge in [-0.1, -0.05) is 0 Å². The van der Waals surface area contributed by atoms with Crippen molar-refractivity contribution in [3.63, 3.8) is 0 Å². The average Bonchev–Trinajstić information content (AvgIpc) is 2.97. The summed E-state index contributed by atoms with van der Waals surface area (Å²) in [4.78, 5) is 36.9. The van der Waals surface area contributed by atoms with Gasteiger partial charge in [-0.05, 0) is 24.3 Å². The van der Waals surface area contributed by atoms with Gasteiger partial charge in [0, 0.05) is 23.8 Å². The molecule has 236 valence electrons. The van der Waals surface area contributed by atoms with Crippen LogP contribution < -0.4 is 10.2 Å². The Bertz CT molecular complexity index is 1600. The van der Waals surface area contributed by atoms with Crippen LogP contribution in [0, 0.1) is 0 Å². The third-order valence-electron chi connectivity index (χ3n) is 7.03. The Hall–Kier alpha value is -4.33. The van der Waals surface area contributed by atoms with Gasteiger partial charge >= 0.3 is 11.9 Å². The Kier molecular flexibility index (Phi) is 8.47. The second kappa shape index (κ2) is 12.0. The number of rotatable bonds is 6.